The molecule has 2 aromatic rings. The smallest absolute Gasteiger partial charge is 0.275 e. The molecule has 152 valence electrons. The zero-order chi connectivity index (χ0) is 20.7. The number of hydrazone groups is 1. The average Bonchev–Trinajstić information content (AvgIpc) is 3.12. The third-order valence-corrected chi connectivity index (χ3v) is 5.49. The third kappa shape index (κ3) is 3.29. The number of nitrogens with zero attached hydrogens (tertiary/aromatic N) is 4. The molecule has 3 aliphatic heterocycles. The summed E-state index contributed by atoms with van der Waals surface area (Å²) >= 11 is 5.90. The summed E-state index contributed by atoms with van der Waals surface area (Å²) in [7, 11) is 0. The number of hydrogen-bond donors (Lipinski definition) is 2. The Kier molecular flexibility index (Phi) is 4.63. The van der Waals surface area contributed by atoms with Crippen molar-refractivity contribution in [3.63, 3.8) is 0 Å². The molecule has 0 spiro atoms. The number of carbonyl (C=O) groups is 1. The highest BCUT2D eigenvalue weighted by Gasteiger charge is 2.32. The Balaban J connectivity index is 1.37. The fourth-order valence-electron chi connectivity index (χ4n) is 3.46. The fourth-order valence-corrected chi connectivity index (χ4v) is 3.63. The van der Waals surface area contributed by atoms with Crippen molar-refractivity contribution in [1.82, 2.24) is 15.3 Å². The van der Waals surface area contributed by atoms with Crippen LogP contribution in [0.3, 0.4) is 0 Å². The molecule has 5 rings (SSSR count). The monoisotopic (exact) mass is 424 g/mol. The topological polar surface area (TPSA) is 72.9 Å². The molecule has 1 saturated heterocycles. The lowest BCUT2D eigenvalue weighted by molar-refractivity contribution is -0.114. The predicted octanol–water partition coefficient (Wildman–Crippen LogP) is 3.07. The second-order valence-electron chi connectivity index (χ2n) is 7.13. The second-order valence-corrected chi connectivity index (χ2v) is 7.54. The van der Waals surface area contributed by atoms with Crippen molar-refractivity contribution in [2.45, 2.75) is 12.6 Å². The normalized spacial score (nSPS) is 19.5. The van der Waals surface area contributed by atoms with Crippen LogP contribution in [0.1, 0.15) is 12.0 Å². The molecule has 1 amide bonds. The molecule has 9 heteroatoms. The van der Waals surface area contributed by atoms with E-state index in [2.05, 4.69) is 25.6 Å². The minimum Gasteiger partial charge on any atom is -0.365 e. The van der Waals surface area contributed by atoms with E-state index >= 15 is 0 Å². The van der Waals surface area contributed by atoms with E-state index in [0.29, 0.717) is 17.1 Å². The highest BCUT2D eigenvalue weighted by Crippen LogP contribution is 2.26. The lowest BCUT2D eigenvalue weighted by Crippen LogP contribution is -2.38. The van der Waals surface area contributed by atoms with Gasteiger partial charge in [-0.2, -0.15) is 5.10 Å². The molecule has 1 atom stereocenters. The minimum atomic E-state index is -0.543. The molecular formula is C21H18ClFN6O. The van der Waals surface area contributed by atoms with Crippen LogP contribution in [0.15, 0.2) is 65.7 Å². The number of carbonyl (C=O) groups excluding carboxylic acids is 1. The average molecular weight is 425 g/mol. The van der Waals surface area contributed by atoms with Crippen LogP contribution in [-0.4, -0.2) is 40.9 Å². The van der Waals surface area contributed by atoms with E-state index in [1.165, 1.54) is 11.1 Å². The van der Waals surface area contributed by atoms with Crippen molar-refractivity contribution >= 4 is 34.7 Å². The van der Waals surface area contributed by atoms with E-state index in [1.807, 2.05) is 12.1 Å². The third-order valence-electron chi connectivity index (χ3n) is 5.20. The molecule has 1 unspecified atom stereocenters. The van der Waals surface area contributed by atoms with Crippen LogP contribution in [0, 0.1) is 5.82 Å². The maximum atomic E-state index is 14.4. The number of nitrogens with one attached hydrogen (secondary N) is 2. The van der Waals surface area contributed by atoms with Gasteiger partial charge in [0.15, 0.2) is 5.82 Å². The van der Waals surface area contributed by atoms with E-state index in [4.69, 9.17) is 11.6 Å². The number of halogens is 2. The Hall–Kier alpha value is -3.39. The first-order chi connectivity index (χ1) is 14.6. The first-order valence-corrected chi connectivity index (χ1v) is 9.97. The van der Waals surface area contributed by atoms with Crippen LogP contribution in [0.25, 0.3) is 0 Å². The molecule has 1 aromatic carbocycles. The van der Waals surface area contributed by atoms with Gasteiger partial charge in [0.25, 0.3) is 5.91 Å². The summed E-state index contributed by atoms with van der Waals surface area (Å²) in [5.41, 5.74) is 1.64. The number of amides is 1. The fraction of sp³-hybridized carbons (Fsp3) is 0.190. The number of rotatable bonds is 4. The summed E-state index contributed by atoms with van der Waals surface area (Å²) in [5, 5.41) is 12.0. The van der Waals surface area contributed by atoms with Crippen LogP contribution < -0.4 is 15.5 Å². The highest BCUT2D eigenvalue weighted by molar-refractivity contribution is 6.31. The van der Waals surface area contributed by atoms with E-state index in [0.717, 1.165) is 25.3 Å². The number of pyridine rings is 1. The Morgan fingerprint density at radius 2 is 2.17 bits per heavy atom. The molecular weight excluding hydrogens is 407 g/mol. The first-order valence-electron chi connectivity index (χ1n) is 9.59. The Labute approximate surface area is 177 Å². The van der Waals surface area contributed by atoms with E-state index in [1.54, 1.807) is 36.7 Å². The maximum absolute atomic E-state index is 14.4. The molecule has 1 fully saturated rings. The van der Waals surface area contributed by atoms with Crippen molar-refractivity contribution in [2.75, 3.05) is 23.3 Å². The molecule has 0 radical (unpaired) electrons. The molecule has 7 nitrogen and oxygen atoms in total. The highest BCUT2D eigenvalue weighted by atomic mass is 35.5. The number of hydrogen-bond acceptors (Lipinski definition) is 6. The van der Waals surface area contributed by atoms with Crippen molar-refractivity contribution in [2.24, 2.45) is 5.10 Å². The van der Waals surface area contributed by atoms with Crippen molar-refractivity contribution in [3.05, 3.63) is 77.0 Å². The lowest BCUT2D eigenvalue weighted by Gasteiger charge is -2.32. The zero-order valence-electron chi connectivity index (χ0n) is 15.8. The van der Waals surface area contributed by atoms with Gasteiger partial charge in [0.1, 0.15) is 17.7 Å². The number of anilines is 2. The van der Waals surface area contributed by atoms with Gasteiger partial charge in [-0.25, -0.2) is 14.4 Å². The number of benzene rings is 1. The van der Waals surface area contributed by atoms with Gasteiger partial charge in [0, 0.05) is 42.8 Å². The first kappa shape index (κ1) is 18.6. The van der Waals surface area contributed by atoms with Crippen LogP contribution in [0.4, 0.5) is 15.9 Å². The quantitative estimate of drug-likeness (QED) is 0.789. The van der Waals surface area contributed by atoms with Crippen LogP contribution in [0.2, 0.25) is 5.02 Å². The van der Waals surface area contributed by atoms with Crippen molar-refractivity contribution in [3.8, 4) is 0 Å². The number of aromatic nitrogens is 1. The van der Waals surface area contributed by atoms with E-state index < -0.39 is 5.82 Å². The number of fused-ring (bicyclic) bond motifs is 1. The van der Waals surface area contributed by atoms with E-state index in [9.17, 15) is 9.18 Å². The second kappa shape index (κ2) is 7.46. The largest absolute Gasteiger partial charge is 0.365 e. The molecule has 0 aliphatic carbocycles. The Bertz CT molecular complexity index is 1110. The van der Waals surface area contributed by atoms with Crippen molar-refractivity contribution < 1.29 is 9.18 Å². The summed E-state index contributed by atoms with van der Waals surface area (Å²) in [6.45, 7) is 1.94. The van der Waals surface area contributed by atoms with Gasteiger partial charge in [-0.3, -0.25) is 4.79 Å². The Morgan fingerprint density at radius 3 is 2.97 bits per heavy atom. The molecule has 30 heavy (non-hydrogen) atoms. The maximum Gasteiger partial charge on any atom is 0.275 e. The summed E-state index contributed by atoms with van der Waals surface area (Å²) in [4.78, 5) is 19.4. The van der Waals surface area contributed by atoms with Gasteiger partial charge in [-0.05, 0) is 36.8 Å². The zero-order valence-corrected chi connectivity index (χ0v) is 16.6. The van der Waals surface area contributed by atoms with Crippen LogP contribution >= 0.6 is 11.6 Å². The molecule has 1 aromatic heterocycles. The summed E-state index contributed by atoms with van der Waals surface area (Å²) in [5.74, 6) is -0.0257. The Morgan fingerprint density at radius 1 is 1.30 bits per heavy atom. The predicted molar refractivity (Wildman–Crippen MR) is 114 cm³/mol. The summed E-state index contributed by atoms with van der Waals surface area (Å²) in [6, 6.07) is 8.34. The molecule has 2 N–H and O–H groups in total. The van der Waals surface area contributed by atoms with Gasteiger partial charge in [-0.15, -0.1) is 0 Å². The van der Waals surface area contributed by atoms with E-state index in [-0.39, 0.29) is 22.7 Å². The summed E-state index contributed by atoms with van der Waals surface area (Å²) < 4.78 is 14.4. The SMILES string of the molecule is O=C(Nc1ccnc(N2CCC2)c1)C1=CNC2C=CC(c3cccc(Cl)c3F)=NN12. The van der Waals surface area contributed by atoms with Crippen LogP contribution in [0.5, 0.6) is 0 Å². The lowest BCUT2D eigenvalue weighted by atomic mass is 10.1. The standard InChI is InChI=1S/C21H18ClFN6O/c22-15-4-1-3-14(20(15)23)16-5-6-18-25-12-17(29(18)27-16)21(30)26-13-7-8-24-19(11-13)28-9-2-10-28/h1,3-8,11-12,18,25H,2,9-10H2,(H,24,26,30). The van der Waals surface area contributed by atoms with Gasteiger partial charge < -0.3 is 15.5 Å². The summed E-state index contributed by atoms with van der Waals surface area (Å²) in [6.07, 6.45) is 7.63. The molecule has 0 bridgehead atoms. The molecule has 3 aliphatic rings. The van der Waals surface area contributed by atoms with Crippen LogP contribution in [-0.2, 0) is 4.79 Å². The van der Waals surface area contributed by atoms with Gasteiger partial charge in [-0.1, -0.05) is 17.7 Å². The van der Waals surface area contributed by atoms with Gasteiger partial charge in [0.05, 0.1) is 10.7 Å². The van der Waals surface area contributed by atoms with Gasteiger partial charge >= 0.3 is 0 Å². The van der Waals surface area contributed by atoms with Crippen molar-refractivity contribution in [1.29, 1.82) is 0 Å². The van der Waals surface area contributed by atoms with Gasteiger partial charge in [0.2, 0.25) is 0 Å². The molecule has 4 heterocycles. The minimum absolute atomic E-state index is 0.0227. The number of allylic oxidation sites excluding steroid dienone is 1. The molecule has 0 saturated carbocycles.